The molecule has 1 fully saturated rings. The van der Waals surface area contributed by atoms with Gasteiger partial charge in [-0.2, -0.15) is 0 Å². The van der Waals surface area contributed by atoms with Crippen molar-refractivity contribution in [2.24, 2.45) is 5.73 Å². The Balaban J connectivity index is 2.12. The number of aromatic nitrogens is 1. The van der Waals surface area contributed by atoms with Crippen LogP contribution >= 0.6 is 0 Å². The van der Waals surface area contributed by atoms with E-state index < -0.39 is 0 Å². The van der Waals surface area contributed by atoms with Crippen LogP contribution in [0.4, 0.5) is 0 Å². The molecule has 1 aromatic heterocycles. The summed E-state index contributed by atoms with van der Waals surface area (Å²) in [5, 5.41) is 10.6. The van der Waals surface area contributed by atoms with Gasteiger partial charge in [0.1, 0.15) is 5.75 Å². The van der Waals surface area contributed by atoms with Crippen molar-refractivity contribution < 1.29 is 5.11 Å². The van der Waals surface area contributed by atoms with Crippen LogP contribution in [0.15, 0.2) is 30.3 Å². The highest BCUT2D eigenvalue weighted by Crippen LogP contribution is 2.39. The Labute approximate surface area is 107 Å². The van der Waals surface area contributed by atoms with E-state index in [9.17, 15) is 5.11 Å². The van der Waals surface area contributed by atoms with Crippen molar-refractivity contribution in [1.82, 2.24) is 4.98 Å². The van der Waals surface area contributed by atoms with Gasteiger partial charge in [-0.15, -0.1) is 0 Å². The summed E-state index contributed by atoms with van der Waals surface area (Å²) in [6.45, 7) is 0.657. The fraction of sp³-hybridized carbons (Fsp3) is 0.400. The average molecular weight is 242 g/mol. The summed E-state index contributed by atoms with van der Waals surface area (Å²) in [5.41, 5.74) is 7.98. The minimum Gasteiger partial charge on any atom is -0.508 e. The van der Waals surface area contributed by atoms with E-state index >= 15 is 0 Å². The number of hydrogen-bond acceptors (Lipinski definition) is 3. The first-order chi connectivity index (χ1) is 8.73. The third-order valence-corrected chi connectivity index (χ3v) is 4.17. The maximum atomic E-state index is 9.54. The first kappa shape index (κ1) is 11.5. The van der Waals surface area contributed by atoms with Crippen molar-refractivity contribution in [2.75, 3.05) is 6.54 Å². The summed E-state index contributed by atoms with van der Waals surface area (Å²) in [6, 6.07) is 9.48. The molecule has 1 aliphatic carbocycles. The monoisotopic (exact) mass is 242 g/mol. The lowest BCUT2D eigenvalue weighted by Crippen LogP contribution is -2.32. The Morgan fingerprint density at radius 2 is 1.89 bits per heavy atom. The van der Waals surface area contributed by atoms with Gasteiger partial charge >= 0.3 is 0 Å². The van der Waals surface area contributed by atoms with Crippen LogP contribution in [0.1, 0.15) is 31.4 Å². The maximum absolute atomic E-state index is 9.54. The summed E-state index contributed by atoms with van der Waals surface area (Å²) >= 11 is 0. The smallest absolute Gasteiger partial charge is 0.117 e. The molecule has 3 N–H and O–H groups in total. The maximum Gasteiger partial charge on any atom is 0.117 e. The predicted molar refractivity (Wildman–Crippen MR) is 72.6 cm³/mol. The van der Waals surface area contributed by atoms with Gasteiger partial charge in [-0.25, -0.2) is 0 Å². The minimum atomic E-state index is 0.0552. The Hall–Kier alpha value is -1.61. The van der Waals surface area contributed by atoms with E-state index in [0.717, 1.165) is 29.4 Å². The zero-order valence-electron chi connectivity index (χ0n) is 10.4. The average Bonchev–Trinajstić information content (AvgIpc) is 2.88. The van der Waals surface area contributed by atoms with E-state index in [4.69, 9.17) is 10.7 Å². The molecule has 0 radical (unpaired) electrons. The molecule has 0 aliphatic heterocycles. The largest absolute Gasteiger partial charge is 0.508 e. The Bertz CT molecular complexity index is 574. The first-order valence-corrected chi connectivity index (χ1v) is 6.54. The van der Waals surface area contributed by atoms with Gasteiger partial charge in [-0.1, -0.05) is 18.9 Å². The normalized spacial score (nSPS) is 18.3. The highest BCUT2D eigenvalue weighted by Gasteiger charge is 2.35. The fourth-order valence-corrected chi connectivity index (χ4v) is 3.02. The number of nitrogens with zero attached hydrogens (tertiary/aromatic N) is 1. The second-order valence-corrected chi connectivity index (χ2v) is 5.27. The lowest BCUT2D eigenvalue weighted by molar-refractivity contribution is 0.441. The van der Waals surface area contributed by atoms with Crippen LogP contribution in [0.25, 0.3) is 10.9 Å². The molecular weight excluding hydrogens is 224 g/mol. The summed E-state index contributed by atoms with van der Waals surface area (Å²) in [4.78, 5) is 4.72. The molecule has 1 saturated carbocycles. The van der Waals surface area contributed by atoms with Gasteiger partial charge in [-0.05, 0) is 31.0 Å². The second-order valence-electron chi connectivity index (χ2n) is 5.27. The van der Waals surface area contributed by atoms with E-state index in [1.54, 1.807) is 12.1 Å². The molecule has 3 rings (SSSR count). The van der Waals surface area contributed by atoms with Gasteiger partial charge < -0.3 is 10.8 Å². The molecule has 0 bridgehead atoms. The number of pyridine rings is 1. The molecular formula is C15H18N2O. The van der Waals surface area contributed by atoms with Crippen LogP contribution in [-0.4, -0.2) is 16.6 Å². The number of phenolic OH excluding ortho intramolecular Hbond substituents is 1. The van der Waals surface area contributed by atoms with E-state index in [0.29, 0.717) is 6.54 Å². The van der Waals surface area contributed by atoms with Crippen molar-refractivity contribution in [3.63, 3.8) is 0 Å². The van der Waals surface area contributed by atoms with Gasteiger partial charge in [0.05, 0.1) is 5.52 Å². The summed E-state index contributed by atoms with van der Waals surface area (Å²) in [5.74, 6) is 0.264. The van der Waals surface area contributed by atoms with E-state index in [1.165, 1.54) is 12.8 Å². The number of benzene rings is 1. The van der Waals surface area contributed by atoms with Crippen LogP contribution in [-0.2, 0) is 5.41 Å². The number of fused-ring (bicyclic) bond motifs is 1. The SMILES string of the molecule is NCC1(c2ccc3ccc(O)cc3n2)CCCC1. The van der Waals surface area contributed by atoms with Crippen molar-refractivity contribution >= 4 is 10.9 Å². The molecule has 0 atom stereocenters. The topological polar surface area (TPSA) is 59.1 Å². The first-order valence-electron chi connectivity index (χ1n) is 6.54. The molecule has 0 unspecified atom stereocenters. The van der Waals surface area contributed by atoms with Crippen LogP contribution in [0.3, 0.4) is 0 Å². The lowest BCUT2D eigenvalue weighted by atomic mass is 9.82. The fourth-order valence-electron chi connectivity index (χ4n) is 3.02. The molecule has 1 heterocycles. The van der Waals surface area contributed by atoms with Gasteiger partial charge in [0.25, 0.3) is 0 Å². The summed E-state index contributed by atoms with van der Waals surface area (Å²) < 4.78 is 0. The number of rotatable bonds is 2. The molecule has 3 heteroatoms. The van der Waals surface area contributed by atoms with E-state index in [-0.39, 0.29) is 11.2 Å². The van der Waals surface area contributed by atoms with E-state index in [1.807, 2.05) is 6.07 Å². The summed E-state index contributed by atoms with van der Waals surface area (Å²) in [7, 11) is 0. The van der Waals surface area contributed by atoms with Crippen LogP contribution < -0.4 is 5.73 Å². The van der Waals surface area contributed by atoms with Crippen molar-refractivity contribution in [1.29, 1.82) is 0 Å². The van der Waals surface area contributed by atoms with Crippen molar-refractivity contribution in [3.05, 3.63) is 36.0 Å². The minimum absolute atomic E-state index is 0.0552. The molecule has 0 saturated heterocycles. The van der Waals surface area contributed by atoms with Crippen molar-refractivity contribution in [3.8, 4) is 5.75 Å². The number of aromatic hydroxyl groups is 1. The summed E-state index contributed by atoms with van der Waals surface area (Å²) in [6.07, 6.45) is 4.72. The van der Waals surface area contributed by atoms with Crippen LogP contribution in [0.5, 0.6) is 5.75 Å². The van der Waals surface area contributed by atoms with Gasteiger partial charge in [0.15, 0.2) is 0 Å². The molecule has 3 nitrogen and oxygen atoms in total. The molecule has 2 aromatic rings. The van der Waals surface area contributed by atoms with Gasteiger partial charge in [0, 0.05) is 29.1 Å². The Kier molecular flexibility index (Phi) is 2.71. The molecule has 1 aliphatic rings. The molecule has 0 spiro atoms. The standard InChI is InChI=1S/C15H18N2O/c16-10-15(7-1-2-8-15)14-6-4-11-3-5-12(18)9-13(11)17-14/h3-6,9,18H,1-2,7-8,10,16H2. The van der Waals surface area contributed by atoms with Crippen LogP contribution in [0, 0.1) is 0 Å². The third-order valence-electron chi connectivity index (χ3n) is 4.17. The quantitative estimate of drug-likeness (QED) is 0.851. The zero-order chi connectivity index (χ0) is 12.6. The Morgan fingerprint density at radius 3 is 2.61 bits per heavy atom. The predicted octanol–water partition coefficient (Wildman–Crippen LogP) is 2.71. The molecule has 1 aromatic carbocycles. The van der Waals surface area contributed by atoms with Gasteiger partial charge in [-0.3, -0.25) is 4.98 Å². The number of hydrogen-bond donors (Lipinski definition) is 2. The highest BCUT2D eigenvalue weighted by atomic mass is 16.3. The van der Waals surface area contributed by atoms with Crippen LogP contribution in [0.2, 0.25) is 0 Å². The number of phenols is 1. The lowest BCUT2D eigenvalue weighted by Gasteiger charge is -2.26. The van der Waals surface area contributed by atoms with Gasteiger partial charge in [0.2, 0.25) is 0 Å². The van der Waals surface area contributed by atoms with E-state index in [2.05, 4.69) is 12.1 Å². The van der Waals surface area contributed by atoms with Crippen molar-refractivity contribution in [2.45, 2.75) is 31.1 Å². The molecule has 18 heavy (non-hydrogen) atoms. The number of nitrogens with two attached hydrogens (primary N) is 1. The molecule has 0 amide bonds. The Morgan fingerprint density at radius 1 is 1.17 bits per heavy atom. The third kappa shape index (κ3) is 1.75. The molecule has 94 valence electrons. The highest BCUT2D eigenvalue weighted by molar-refractivity contribution is 5.80. The second kappa shape index (κ2) is 4.25. The zero-order valence-corrected chi connectivity index (χ0v) is 10.4.